The molecule has 0 radical (unpaired) electrons. The van der Waals surface area contributed by atoms with Gasteiger partial charge in [-0.15, -0.1) is 0 Å². The van der Waals surface area contributed by atoms with E-state index in [1.807, 2.05) is 17.6 Å². The monoisotopic (exact) mass is 275 g/mol. The number of hydrogen-bond acceptors (Lipinski definition) is 2. The number of hydrogen-bond donors (Lipinski definition) is 2. The lowest BCUT2D eigenvalue weighted by Crippen LogP contribution is -2.06. The number of aliphatic hydroxyl groups is 1. The molecule has 2 rings (SSSR count). The second-order valence-corrected chi connectivity index (χ2v) is 5.39. The van der Waals surface area contributed by atoms with Crippen molar-refractivity contribution in [1.29, 1.82) is 0 Å². The van der Waals surface area contributed by atoms with E-state index in [0.717, 1.165) is 16.6 Å². The first-order valence-electron chi connectivity index (χ1n) is 6.94. The van der Waals surface area contributed by atoms with Crippen molar-refractivity contribution in [3.8, 4) is 0 Å². The number of carboxylic acid groups (broad SMARTS) is 1. The normalized spacial score (nSPS) is 11.4. The van der Waals surface area contributed by atoms with Crippen molar-refractivity contribution in [3.63, 3.8) is 0 Å². The standard InChI is InChI=1S/C16H21NO3/c1-10(2)14-11(3)17(8-5-9-18)15-12(14)6-4-7-13(15)16(19)20/h4,6-7,10,18H,5,8-9H2,1-3H3,(H,19,20). The lowest BCUT2D eigenvalue weighted by Gasteiger charge is -2.10. The summed E-state index contributed by atoms with van der Waals surface area (Å²) in [5.74, 6) is -0.578. The fourth-order valence-corrected chi connectivity index (χ4v) is 2.97. The molecule has 1 heterocycles. The average Bonchev–Trinajstić information content (AvgIpc) is 2.67. The fourth-order valence-electron chi connectivity index (χ4n) is 2.97. The third-order valence-corrected chi connectivity index (χ3v) is 3.74. The highest BCUT2D eigenvalue weighted by molar-refractivity contribution is 6.04. The van der Waals surface area contributed by atoms with Crippen LogP contribution in [0.5, 0.6) is 0 Å². The molecule has 0 amide bonds. The topological polar surface area (TPSA) is 62.5 Å². The fraction of sp³-hybridized carbons (Fsp3) is 0.438. The minimum atomic E-state index is -0.909. The SMILES string of the molecule is Cc1c(C(C)C)c2cccc(C(=O)O)c2n1CCCO. The van der Waals surface area contributed by atoms with E-state index in [2.05, 4.69) is 13.8 Å². The molecule has 0 spiro atoms. The zero-order chi connectivity index (χ0) is 14.9. The predicted molar refractivity (Wildman–Crippen MR) is 79.4 cm³/mol. The molecule has 1 aromatic carbocycles. The van der Waals surface area contributed by atoms with E-state index in [0.29, 0.717) is 24.4 Å². The van der Waals surface area contributed by atoms with Gasteiger partial charge in [-0.3, -0.25) is 0 Å². The van der Waals surface area contributed by atoms with Gasteiger partial charge in [0.2, 0.25) is 0 Å². The zero-order valence-corrected chi connectivity index (χ0v) is 12.2. The van der Waals surface area contributed by atoms with E-state index in [-0.39, 0.29) is 6.61 Å². The Bertz CT molecular complexity index is 641. The minimum Gasteiger partial charge on any atom is -0.478 e. The van der Waals surface area contributed by atoms with Gasteiger partial charge in [-0.1, -0.05) is 26.0 Å². The van der Waals surface area contributed by atoms with Gasteiger partial charge in [0.15, 0.2) is 0 Å². The molecule has 4 nitrogen and oxygen atoms in total. The van der Waals surface area contributed by atoms with Crippen molar-refractivity contribution in [3.05, 3.63) is 35.0 Å². The molecular formula is C16H21NO3. The van der Waals surface area contributed by atoms with Gasteiger partial charge in [-0.05, 0) is 30.9 Å². The van der Waals surface area contributed by atoms with Crippen molar-refractivity contribution >= 4 is 16.9 Å². The first-order chi connectivity index (χ1) is 9.49. The Kier molecular flexibility index (Phi) is 4.14. The summed E-state index contributed by atoms with van der Waals surface area (Å²) in [4.78, 5) is 11.5. The number of aryl methyl sites for hydroxylation is 1. The summed E-state index contributed by atoms with van der Waals surface area (Å²) >= 11 is 0. The maximum absolute atomic E-state index is 11.5. The molecule has 0 aliphatic heterocycles. The average molecular weight is 275 g/mol. The van der Waals surface area contributed by atoms with Gasteiger partial charge in [0.1, 0.15) is 0 Å². The van der Waals surface area contributed by atoms with Crippen molar-refractivity contribution in [1.82, 2.24) is 4.57 Å². The summed E-state index contributed by atoms with van der Waals surface area (Å²) in [6.45, 7) is 7.00. The Morgan fingerprint density at radius 2 is 2.05 bits per heavy atom. The second-order valence-electron chi connectivity index (χ2n) is 5.39. The van der Waals surface area contributed by atoms with Crippen LogP contribution in [0, 0.1) is 6.92 Å². The summed E-state index contributed by atoms with van der Waals surface area (Å²) in [5.41, 5.74) is 3.39. The van der Waals surface area contributed by atoms with Crippen LogP contribution < -0.4 is 0 Å². The van der Waals surface area contributed by atoms with E-state index in [4.69, 9.17) is 5.11 Å². The molecule has 0 bridgehead atoms. The first-order valence-corrected chi connectivity index (χ1v) is 6.94. The highest BCUT2D eigenvalue weighted by atomic mass is 16.4. The number of benzene rings is 1. The Labute approximate surface area is 118 Å². The molecule has 108 valence electrons. The molecule has 0 aliphatic carbocycles. The van der Waals surface area contributed by atoms with Gasteiger partial charge < -0.3 is 14.8 Å². The summed E-state index contributed by atoms with van der Waals surface area (Å²) in [7, 11) is 0. The van der Waals surface area contributed by atoms with Crippen LogP contribution in [0.15, 0.2) is 18.2 Å². The van der Waals surface area contributed by atoms with Crippen LogP contribution >= 0.6 is 0 Å². The van der Waals surface area contributed by atoms with E-state index in [9.17, 15) is 9.90 Å². The van der Waals surface area contributed by atoms with E-state index < -0.39 is 5.97 Å². The lowest BCUT2D eigenvalue weighted by molar-refractivity contribution is 0.0698. The van der Waals surface area contributed by atoms with Crippen LogP contribution in [0.2, 0.25) is 0 Å². The maximum Gasteiger partial charge on any atom is 0.337 e. The molecular weight excluding hydrogens is 254 g/mol. The third-order valence-electron chi connectivity index (χ3n) is 3.74. The van der Waals surface area contributed by atoms with Crippen LogP contribution in [-0.4, -0.2) is 27.4 Å². The molecule has 0 fully saturated rings. The van der Waals surface area contributed by atoms with E-state index in [1.54, 1.807) is 12.1 Å². The van der Waals surface area contributed by atoms with Crippen LogP contribution in [0.4, 0.5) is 0 Å². The van der Waals surface area contributed by atoms with Crippen LogP contribution in [0.25, 0.3) is 10.9 Å². The number of para-hydroxylation sites is 1. The molecule has 0 saturated heterocycles. The quantitative estimate of drug-likeness (QED) is 0.881. The first kappa shape index (κ1) is 14.6. The third kappa shape index (κ3) is 2.31. The molecule has 2 aromatic rings. The summed E-state index contributed by atoms with van der Waals surface area (Å²) in [6, 6.07) is 5.43. The van der Waals surface area contributed by atoms with Gasteiger partial charge in [-0.2, -0.15) is 0 Å². The van der Waals surface area contributed by atoms with E-state index >= 15 is 0 Å². The van der Waals surface area contributed by atoms with Crippen LogP contribution in [0.3, 0.4) is 0 Å². The van der Waals surface area contributed by atoms with Gasteiger partial charge in [0, 0.05) is 24.2 Å². The number of aromatic nitrogens is 1. The Morgan fingerprint density at radius 1 is 1.35 bits per heavy atom. The summed E-state index contributed by atoms with van der Waals surface area (Å²) in [5, 5.41) is 19.5. The number of carbonyl (C=O) groups is 1. The molecule has 0 unspecified atom stereocenters. The van der Waals surface area contributed by atoms with Crippen molar-refractivity contribution in [2.45, 2.75) is 39.7 Å². The lowest BCUT2D eigenvalue weighted by atomic mass is 9.99. The largest absolute Gasteiger partial charge is 0.478 e. The molecule has 0 aliphatic rings. The summed E-state index contributed by atoms with van der Waals surface area (Å²) < 4.78 is 2.03. The van der Waals surface area contributed by atoms with Gasteiger partial charge >= 0.3 is 5.97 Å². The van der Waals surface area contributed by atoms with Gasteiger partial charge in [0.25, 0.3) is 0 Å². The number of fused-ring (bicyclic) bond motifs is 1. The highest BCUT2D eigenvalue weighted by Gasteiger charge is 2.20. The zero-order valence-electron chi connectivity index (χ0n) is 12.2. The smallest absolute Gasteiger partial charge is 0.337 e. The molecule has 4 heteroatoms. The second kappa shape index (κ2) is 5.67. The molecule has 20 heavy (non-hydrogen) atoms. The van der Waals surface area contributed by atoms with Crippen LogP contribution in [-0.2, 0) is 6.54 Å². The Hall–Kier alpha value is -1.81. The number of aliphatic hydroxyl groups excluding tert-OH is 1. The van der Waals surface area contributed by atoms with Gasteiger partial charge in [0.05, 0.1) is 11.1 Å². The number of nitrogens with zero attached hydrogens (tertiary/aromatic N) is 1. The molecule has 0 atom stereocenters. The van der Waals surface area contributed by atoms with Crippen molar-refractivity contribution < 1.29 is 15.0 Å². The van der Waals surface area contributed by atoms with Crippen molar-refractivity contribution in [2.75, 3.05) is 6.61 Å². The van der Waals surface area contributed by atoms with Crippen molar-refractivity contribution in [2.24, 2.45) is 0 Å². The highest BCUT2D eigenvalue weighted by Crippen LogP contribution is 2.33. The maximum atomic E-state index is 11.5. The Morgan fingerprint density at radius 3 is 2.60 bits per heavy atom. The Balaban J connectivity index is 2.80. The molecule has 0 saturated carbocycles. The minimum absolute atomic E-state index is 0.103. The van der Waals surface area contributed by atoms with E-state index in [1.165, 1.54) is 5.56 Å². The molecule has 2 N–H and O–H groups in total. The van der Waals surface area contributed by atoms with Gasteiger partial charge in [-0.25, -0.2) is 4.79 Å². The van der Waals surface area contributed by atoms with Crippen LogP contribution in [0.1, 0.15) is 47.8 Å². The molecule has 1 aromatic heterocycles. The number of rotatable bonds is 5. The predicted octanol–water partition coefficient (Wildman–Crippen LogP) is 3.15. The number of aromatic carboxylic acids is 1. The number of carboxylic acids is 1. The summed E-state index contributed by atoms with van der Waals surface area (Å²) in [6.07, 6.45) is 0.621.